The molecule has 0 aliphatic heterocycles. The molecule has 0 radical (unpaired) electrons. The van der Waals surface area contributed by atoms with Crippen molar-refractivity contribution >= 4 is 11.3 Å². The topological polar surface area (TPSA) is 32.3 Å². The second-order valence-corrected chi connectivity index (χ2v) is 6.83. The molecule has 0 spiro atoms. The second kappa shape index (κ2) is 5.72. The third-order valence-corrected chi connectivity index (χ3v) is 5.39. The summed E-state index contributed by atoms with van der Waals surface area (Å²) in [6.07, 6.45) is 7.74. The fourth-order valence-electron chi connectivity index (χ4n) is 3.15. The van der Waals surface area contributed by atoms with E-state index in [-0.39, 0.29) is 6.10 Å². The van der Waals surface area contributed by atoms with Crippen molar-refractivity contribution in [2.45, 2.75) is 50.7 Å². The third-order valence-electron chi connectivity index (χ3n) is 4.43. The highest BCUT2D eigenvalue weighted by atomic mass is 32.1. The molecule has 100 valence electrons. The molecule has 3 rings (SSSR count). The van der Waals surface area contributed by atoms with Crippen molar-refractivity contribution in [3.05, 3.63) is 22.4 Å². The Hall–Kier alpha value is -0.380. The smallest absolute Gasteiger partial charge is 0.0692 e. The molecule has 0 bridgehead atoms. The summed E-state index contributed by atoms with van der Waals surface area (Å²) in [5, 5.41) is 15.8. The van der Waals surface area contributed by atoms with Gasteiger partial charge >= 0.3 is 0 Å². The average Bonchev–Trinajstić information content (AvgIpc) is 2.89. The maximum Gasteiger partial charge on any atom is 0.0692 e. The molecular formula is C15H23NOS. The van der Waals surface area contributed by atoms with Crippen molar-refractivity contribution in [1.29, 1.82) is 0 Å². The van der Waals surface area contributed by atoms with Crippen LogP contribution in [0.25, 0.3) is 0 Å². The van der Waals surface area contributed by atoms with Crippen molar-refractivity contribution in [3.63, 3.8) is 0 Å². The van der Waals surface area contributed by atoms with E-state index in [1.807, 2.05) is 11.3 Å². The van der Waals surface area contributed by atoms with Crippen LogP contribution in [0, 0.1) is 11.8 Å². The van der Waals surface area contributed by atoms with E-state index in [1.54, 1.807) is 0 Å². The van der Waals surface area contributed by atoms with Crippen LogP contribution in [-0.4, -0.2) is 17.8 Å². The molecule has 2 nitrogen and oxygen atoms in total. The zero-order valence-corrected chi connectivity index (χ0v) is 11.7. The van der Waals surface area contributed by atoms with E-state index in [0.29, 0.717) is 12.0 Å². The average molecular weight is 265 g/mol. The van der Waals surface area contributed by atoms with Gasteiger partial charge in [0.1, 0.15) is 0 Å². The first-order chi connectivity index (χ1) is 8.84. The Morgan fingerprint density at radius 1 is 1.22 bits per heavy atom. The molecule has 2 aliphatic rings. The van der Waals surface area contributed by atoms with E-state index in [9.17, 15) is 5.11 Å². The SMILES string of the molecule is OC(CNC(c1cccs1)C1CCCC1)C1CC1. The van der Waals surface area contributed by atoms with Gasteiger partial charge in [0.15, 0.2) is 0 Å². The Bertz CT molecular complexity index is 355. The van der Waals surface area contributed by atoms with E-state index in [1.165, 1.54) is 43.4 Å². The summed E-state index contributed by atoms with van der Waals surface area (Å²) in [5.74, 6) is 1.35. The van der Waals surface area contributed by atoms with Gasteiger partial charge in [-0.1, -0.05) is 18.9 Å². The van der Waals surface area contributed by atoms with Gasteiger partial charge in [0, 0.05) is 17.5 Å². The zero-order chi connectivity index (χ0) is 12.4. The standard InChI is InChI=1S/C15H23NOS/c17-13(11-7-8-11)10-16-15(12-4-1-2-5-12)14-6-3-9-18-14/h3,6,9,11-13,15-17H,1-2,4-5,7-8,10H2. The highest BCUT2D eigenvalue weighted by Gasteiger charge is 2.32. The molecule has 3 heteroatoms. The van der Waals surface area contributed by atoms with Crippen LogP contribution in [0.5, 0.6) is 0 Å². The summed E-state index contributed by atoms with van der Waals surface area (Å²) in [6.45, 7) is 0.768. The van der Waals surface area contributed by atoms with E-state index in [4.69, 9.17) is 0 Å². The Morgan fingerprint density at radius 3 is 2.61 bits per heavy atom. The highest BCUT2D eigenvalue weighted by molar-refractivity contribution is 7.10. The predicted molar refractivity (Wildman–Crippen MR) is 75.8 cm³/mol. The normalized spacial score (nSPS) is 24.3. The minimum Gasteiger partial charge on any atom is -0.392 e. The molecule has 2 fully saturated rings. The van der Waals surface area contributed by atoms with Crippen LogP contribution in [0.3, 0.4) is 0 Å². The van der Waals surface area contributed by atoms with Crippen LogP contribution in [0.15, 0.2) is 17.5 Å². The lowest BCUT2D eigenvalue weighted by molar-refractivity contribution is 0.140. The zero-order valence-electron chi connectivity index (χ0n) is 10.8. The molecular weight excluding hydrogens is 242 g/mol. The number of nitrogens with one attached hydrogen (secondary N) is 1. The highest BCUT2D eigenvalue weighted by Crippen LogP contribution is 2.38. The first-order valence-electron chi connectivity index (χ1n) is 7.29. The van der Waals surface area contributed by atoms with Gasteiger partial charge in [-0.05, 0) is 49.0 Å². The van der Waals surface area contributed by atoms with Gasteiger partial charge in [0.2, 0.25) is 0 Å². The lowest BCUT2D eigenvalue weighted by atomic mass is 9.96. The molecule has 2 saturated carbocycles. The molecule has 1 heterocycles. The Morgan fingerprint density at radius 2 is 2.00 bits per heavy atom. The molecule has 0 saturated heterocycles. The molecule has 1 aromatic rings. The first kappa shape index (κ1) is 12.6. The van der Waals surface area contributed by atoms with Crippen LogP contribution in [0.1, 0.15) is 49.4 Å². The summed E-state index contributed by atoms with van der Waals surface area (Å²) in [6, 6.07) is 4.85. The predicted octanol–water partition coefficient (Wildman–Crippen LogP) is 3.34. The molecule has 18 heavy (non-hydrogen) atoms. The quantitative estimate of drug-likeness (QED) is 0.827. The molecule has 1 aromatic heterocycles. The maximum atomic E-state index is 10.0. The van der Waals surface area contributed by atoms with Crippen molar-refractivity contribution in [3.8, 4) is 0 Å². The molecule has 0 amide bonds. The Balaban J connectivity index is 1.61. The van der Waals surface area contributed by atoms with Crippen LogP contribution < -0.4 is 5.32 Å². The lowest BCUT2D eigenvalue weighted by Crippen LogP contribution is -2.34. The minimum absolute atomic E-state index is 0.131. The molecule has 2 atom stereocenters. The van der Waals surface area contributed by atoms with Gasteiger partial charge < -0.3 is 10.4 Å². The van der Waals surface area contributed by atoms with E-state index in [2.05, 4.69) is 22.8 Å². The van der Waals surface area contributed by atoms with Gasteiger partial charge in [-0.15, -0.1) is 11.3 Å². The van der Waals surface area contributed by atoms with Gasteiger partial charge in [-0.25, -0.2) is 0 Å². The summed E-state index contributed by atoms with van der Waals surface area (Å²) in [4.78, 5) is 1.45. The van der Waals surface area contributed by atoms with Gasteiger partial charge in [0.05, 0.1) is 6.10 Å². The summed E-state index contributed by atoms with van der Waals surface area (Å²) >= 11 is 1.85. The van der Waals surface area contributed by atoms with Crippen molar-refractivity contribution in [1.82, 2.24) is 5.32 Å². The fourth-order valence-corrected chi connectivity index (χ4v) is 4.05. The summed E-state index contributed by atoms with van der Waals surface area (Å²) < 4.78 is 0. The number of aliphatic hydroxyl groups excluding tert-OH is 1. The Labute approximate surface area is 113 Å². The van der Waals surface area contributed by atoms with Crippen molar-refractivity contribution in [2.75, 3.05) is 6.54 Å². The van der Waals surface area contributed by atoms with E-state index >= 15 is 0 Å². The van der Waals surface area contributed by atoms with Crippen molar-refractivity contribution in [2.24, 2.45) is 11.8 Å². The second-order valence-electron chi connectivity index (χ2n) is 5.85. The monoisotopic (exact) mass is 265 g/mol. The summed E-state index contributed by atoms with van der Waals surface area (Å²) in [7, 11) is 0. The van der Waals surface area contributed by atoms with Gasteiger partial charge in [-0.3, -0.25) is 0 Å². The Kier molecular flexibility index (Phi) is 4.02. The van der Waals surface area contributed by atoms with E-state index in [0.717, 1.165) is 12.5 Å². The maximum absolute atomic E-state index is 10.0. The van der Waals surface area contributed by atoms with Crippen LogP contribution >= 0.6 is 11.3 Å². The van der Waals surface area contributed by atoms with Crippen molar-refractivity contribution < 1.29 is 5.11 Å². The lowest BCUT2D eigenvalue weighted by Gasteiger charge is -2.25. The van der Waals surface area contributed by atoms with E-state index < -0.39 is 0 Å². The van der Waals surface area contributed by atoms with Crippen LogP contribution in [0.4, 0.5) is 0 Å². The minimum atomic E-state index is -0.131. The largest absolute Gasteiger partial charge is 0.392 e. The molecule has 2 N–H and O–H groups in total. The van der Waals surface area contributed by atoms with Crippen LogP contribution in [0.2, 0.25) is 0 Å². The van der Waals surface area contributed by atoms with Crippen LogP contribution in [-0.2, 0) is 0 Å². The molecule has 2 aliphatic carbocycles. The first-order valence-corrected chi connectivity index (χ1v) is 8.17. The molecule has 0 aromatic carbocycles. The third kappa shape index (κ3) is 2.95. The van der Waals surface area contributed by atoms with Gasteiger partial charge in [0.25, 0.3) is 0 Å². The number of hydrogen-bond acceptors (Lipinski definition) is 3. The summed E-state index contributed by atoms with van der Waals surface area (Å²) in [5.41, 5.74) is 0. The molecule has 2 unspecified atom stereocenters. The number of hydrogen-bond donors (Lipinski definition) is 2. The number of rotatable bonds is 6. The van der Waals surface area contributed by atoms with Gasteiger partial charge in [-0.2, -0.15) is 0 Å². The fraction of sp³-hybridized carbons (Fsp3) is 0.733. The number of thiophene rings is 1. The number of aliphatic hydroxyl groups is 1.